The summed E-state index contributed by atoms with van der Waals surface area (Å²) >= 11 is 0. The van der Waals surface area contributed by atoms with Crippen molar-refractivity contribution < 1.29 is 19.1 Å². The van der Waals surface area contributed by atoms with Crippen LogP contribution in [0.25, 0.3) is 0 Å². The Hall–Kier alpha value is -3.94. The second-order valence-corrected chi connectivity index (χ2v) is 8.99. The molecule has 3 aromatic rings. The quantitative estimate of drug-likeness (QED) is 0.590. The summed E-state index contributed by atoms with van der Waals surface area (Å²) in [7, 11) is 1.24. The lowest BCUT2D eigenvalue weighted by Gasteiger charge is -2.43. The maximum Gasteiger partial charge on any atom is 0.359 e. The van der Waals surface area contributed by atoms with Crippen LogP contribution in [-0.4, -0.2) is 40.0 Å². The molecule has 2 amide bonds. The number of nitrogens with zero attached hydrogens (tertiary/aromatic N) is 3. The highest BCUT2D eigenvalue weighted by atomic mass is 16.5. The Kier molecular flexibility index (Phi) is 6.00. The minimum Gasteiger partial charge on any atom is -0.464 e. The van der Waals surface area contributed by atoms with Crippen molar-refractivity contribution in [3.05, 3.63) is 82.4 Å². The van der Waals surface area contributed by atoms with E-state index in [9.17, 15) is 14.4 Å². The van der Waals surface area contributed by atoms with Gasteiger partial charge in [0.2, 0.25) is 5.91 Å². The molecule has 4 rings (SSSR count). The van der Waals surface area contributed by atoms with Crippen molar-refractivity contribution >= 4 is 23.5 Å². The van der Waals surface area contributed by atoms with Crippen molar-refractivity contribution in [1.29, 1.82) is 0 Å². The minimum atomic E-state index is -1.26. The molecule has 0 unspecified atom stereocenters. The minimum absolute atomic E-state index is 0.0658. The lowest BCUT2D eigenvalue weighted by molar-refractivity contribution is -0.126. The zero-order chi connectivity index (χ0) is 24.6. The van der Waals surface area contributed by atoms with Gasteiger partial charge in [0, 0.05) is 12.2 Å². The molecule has 0 saturated heterocycles. The normalized spacial score (nSPS) is 17.3. The third-order valence-corrected chi connectivity index (χ3v) is 6.12. The molecule has 8 nitrogen and oxygen atoms in total. The Morgan fingerprint density at radius 2 is 1.71 bits per heavy atom. The summed E-state index contributed by atoms with van der Waals surface area (Å²) in [5.41, 5.74) is 3.37. The second kappa shape index (κ2) is 8.78. The van der Waals surface area contributed by atoms with E-state index in [0.717, 1.165) is 22.3 Å². The number of methoxy groups -OCH3 is 1. The van der Waals surface area contributed by atoms with Gasteiger partial charge in [0.05, 0.1) is 20.0 Å². The Balaban J connectivity index is 1.77. The van der Waals surface area contributed by atoms with E-state index >= 15 is 0 Å². The van der Waals surface area contributed by atoms with Gasteiger partial charge in [-0.1, -0.05) is 35.9 Å². The largest absolute Gasteiger partial charge is 0.464 e. The third kappa shape index (κ3) is 4.07. The van der Waals surface area contributed by atoms with Crippen LogP contribution in [0.1, 0.15) is 50.2 Å². The molecule has 1 N–H and O–H groups in total. The number of hydrogen-bond acceptors (Lipinski definition) is 5. The highest BCUT2D eigenvalue weighted by molar-refractivity contribution is 6.15. The van der Waals surface area contributed by atoms with Crippen LogP contribution in [0.3, 0.4) is 0 Å². The van der Waals surface area contributed by atoms with Gasteiger partial charge in [-0.15, -0.1) is 0 Å². The van der Waals surface area contributed by atoms with E-state index < -0.39 is 17.4 Å². The van der Waals surface area contributed by atoms with Crippen LogP contribution in [0.15, 0.2) is 48.8 Å². The molecule has 0 radical (unpaired) electrons. The molecule has 0 aliphatic carbocycles. The van der Waals surface area contributed by atoms with Gasteiger partial charge in [-0.25, -0.2) is 9.78 Å². The number of benzene rings is 2. The van der Waals surface area contributed by atoms with E-state index in [4.69, 9.17) is 4.74 Å². The fourth-order valence-corrected chi connectivity index (χ4v) is 4.44. The molecule has 176 valence electrons. The van der Waals surface area contributed by atoms with Crippen LogP contribution >= 0.6 is 0 Å². The zero-order valence-corrected chi connectivity index (χ0v) is 20.0. The molecule has 0 fully saturated rings. The molecule has 2 aromatic carbocycles. The van der Waals surface area contributed by atoms with Crippen LogP contribution in [0.2, 0.25) is 0 Å². The van der Waals surface area contributed by atoms with E-state index in [1.165, 1.54) is 18.3 Å². The number of hydrogen-bond donors (Lipinski definition) is 1. The van der Waals surface area contributed by atoms with Crippen molar-refractivity contribution in [2.24, 2.45) is 0 Å². The van der Waals surface area contributed by atoms with Crippen molar-refractivity contribution in [2.75, 3.05) is 12.0 Å². The number of carbonyl (C=O) groups is 3. The standard InChI is InChI=1S/C26H28N4O4/c1-16-6-8-19(9-7-16)13-27-25(33)26(4)14-29-15-28-21(24(32)34-5)22(29)23(31)30(26)20-11-17(2)10-18(3)12-20/h6-12,15H,13-14H2,1-5H3,(H,27,33)/t26-/m1/s1. The number of anilines is 1. The number of ether oxygens (including phenoxy) is 1. The number of imidazole rings is 1. The number of esters is 1. The summed E-state index contributed by atoms with van der Waals surface area (Å²) in [6, 6.07) is 13.6. The summed E-state index contributed by atoms with van der Waals surface area (Å²) in [4.78, 5) is 45.4. The van der Waals surface area contributed by atoms with Gasteiger partial charge < -0.3 is 14.6 Å². The van der Waals surface area contributed by atoms with Gasteiger partial charge in [0.25, 0.3) is 5.91 Å². The zero-order valence-electron chi connectivity index (χ0n) is 20.0. The third-order valence-electron chi connectivity index (χ3n) is 6.12. The van der Waals surface area contributed by atoms with Crippen LogP contribution in [0.5, 0.6) is 0 Å². The summed E-state index contributed by atoms with van der Waals surface area (Å²) in [5.74, 6) is -1.49. The summed E-state index contributed by atoms with van der Waals surface area (Å²) in [6.45, 7) is 8.06. The first-order valence-corrected chi connectivity index (χ1v) is 11.0. The maximum absolute atomic E-state index is 13.9. The van der Waals surface area contributed by atoms with E-state index in [2.05, 4.69) is 10.3 Å². The SMILES string of the molecule is COC(=O)c1ncn2c1C(=O)N(c1cc(C)cc(C)c1)[C@@](C)(C(=O)NCc1ccc(C)cc1)C2. The first kappa shape index (κ1) is 23.2. The van der Waals surface area contributed by atoms with Gasteiger partial charge in [-0.3, -0.25) is 14.5 Å². The molecule has 0 spiro atoms. The molecule has 8 heteroatoms. The predicted octanol–water partition coefficient (Wildman–Crippen LogP) is 3.33. The molecular weight excluding hydrogens is 432 g/mol. The molecule has 1 aromatic heterocycles. The van der Waals surface area contributed by atoms with Gasteiger partial charge in [-0.05, 0) is 56.5 Å². The highest BCUT2D eigenvalue weighted by Gasteiger charge is 2.49. The first-order valence-electron chi connectivity index (χ1n) is 11.0. The summed E-state index contributed by atoms with van der Waals surface area (Å²) in [6.07, 6.45) is 1.41. The Morgan fingerprint density at radius 1 is 1.06 bits per heavy atom. The maximum atomic E-state index is 13.9. The molecule has 2 heterocycles. The molecule has 0 bridgehead atoms. The van der Waals surface area contributed by atoms with Crippen molar-refractivity contribution in [3.63, 3.8) is 0 Å². The Labute approximate surface area is 198 Å². The molecule has 1 atom stereocenters. The average Bonchev–Trinajstić information content (AvgIpc) is 3.21. The number of rotatable bonds is 5. The lowest BCUT2D eigenvalue weighted by Crippen LogP contribution is -2.64. The van der Waals surface area contributed by atoms with Crippen LogP contribution < -0.4 is 10.2 Å². The van der Waals surface area contributed by atoms with Gasteiger partial charge in [-0.2, -0.15) is 0 Å². The number of carbonyl (C=O) groups excluding carboxylic acids is 3. The Bertz CT molecular complexity index is 1260. The molecular formula is C26H28N4O4. The Morgan fingerprint density at radius 3 is 2.32 bits per heavy atom. The topological polar surface area (TPSA) is 93.5 Å². The molecule has 1 aliphatic heterocycles. The molecule has 1 aliphatic rings. The first-order chi connectivity index (χ1) is 16.1. The van der Waals surface area contributed by atoms with Gasteiger partial charge >= 0.3 is 5.97 Å². The summed E-state index contributed by atoms with van der Waals surface area (Å²) in [5, 5.41) is 2.99. The molecule has 0 saturated carbocycles. The monoisotopic (exact) mass is 460 g/mol. The van der Waals surface area contributed by atoms with E-state index in [-0.39, 0.29) is 23.8 Å². The second-order valence-electron chi connectivity index (χ2n) is 8.99. The van der Waals surface area contributed by atoms with Crippen LogP contribution in [0.4, 0.5) is 5.69 Å². The lowest BCUT2D eigenvalue weighted by atomic mass is 9.92. The number of amides is 2. The number of nitrogens with one attached hydrogen (secondary N) is 1. The number of fused-ring (bicyclic) bond motifs is 1. The fourth-order valence-electron chi connectivity index (χ4n) is 4.44. The van der Waals surface area contributed by atoms with Gasteiger partial charge in [0.1, 0.15) is 11.2 Å². The van der Waals surface area contributed by atoms with Gasteiger partial charge in [0.15, 0.2) is 5.69 Å². The van der Waals surface area contributed by atoms with Crippen LogP contribution in [0, 0.1) is 20.8 Å². The number of aryl methyl sites for hydroxylation is 3. The fraction of sp³-hybridized carbons (Fsp3) is 0.308. The van der Waals surface area contributed by atoms with Crippen molar-refractivity contribution in [3.8, 4) is 0 Å². The highest BCUT2D eigenvalue weighted by Crippen LogP contribution is 2.35. The predicted molar refractivity (Wildman–Crippen MR) is 128 cm³/mol. The average molecular weight is 461 g/mol. The smallest absolute Gasteiger partial charge is 0.359 e. The molecule has 34 heavy (non-hydrogen) atoms. The summed E-state index contributed by atoms with van der Waals surface area (Å²) < 4.78 is 6.37. The van der Waals surface area contributed by atoms with E-state index in [1.54, 1.807) is 11.5 Å². The van der Waals surface area contributed by atoms with Crippen LogP contribution in [-0.2, 0) is 22.6 Å². The number of aromatic nitrogens is 2. The van der Waals surface area contributed by atoms with Crippen molar-refractivity contribution in [2.45, 2.75) is 46.3 Å². The van der Waals surface area contributed by atoms with Crippen molar-refractivity contribution in [1.82, 2.24) is 14.9 Å². The van der Waals surface area contributed by atoms with E-state index in [0.29, 0.717) is 12.2 Å². The van der Waals surface area contributed by atoms with E-state index in [1.807, 2.05) is 63.2 Å².